The van der Waals surface area contributed by atoms with Gasteiger partial charge in [0.2, 0.25) is 17.0 Å². The standard InChI is InChI=1S/C15H18Cl2N6O2S/c1-3-19-14(25)8(2)20-12(24)7-26-15-22-21-13(23(15)18)10-6-9(16)4-5-11(10)17/h4-6,8H,3,7,18H2,1-2H3,(H,19,25)(H,20,24)/t8-/m1/s1. The van der Waals surface area contributed by atoms with E-state index in [9.17, 15) is 9.59 Å². The summed E-state index contributed by atoms with van der Waals surface area (Å²) in [6.07, 6.45) is 0. The van der Waals surface area contributed by atoms with Gasteiger partial charge in [-0.3, -0.25) is 9.59 Å². The van der Waals surface area contributed by atoms with Crippen LogP contribution in [0, 0.1) is 0 Å². The Labute approximate surface area is 164 Å². The van der Waals surface area contributed by atoms with Gasteiger partial charge in [-0.25, -0.2) is 4.68 Å². The van der Waals surface area contributed by atoms with Crippen LogP contribution in [0.1, 0.15) is 13.8 Å². The molecule has 11 heteroatoms. The normalized spacial score (nSPS) is 11.8. The third-order valence-corrected chi connectivity index (χ3v) is 4.80. The molecule has 1 aromatic heterocycles. The summed E-state index contributed by atoms with van der Waals surface area (Å²) in [7, 11) is 0. The van der Waals surface area contributed by atoms with Crippen molar-refractivity contribution in [3.05, 3.63) is 28.2 Å². The number of hydrogen-bond donors (Lipinski definition) is 3. The lowest BCUT2D eigenvalue weighted by Crippen LogP contribution is -2.45. The molecule has 1 atom stereocenters. The Morgan fingerprint density at radius 1 is 1.35 bits per heavy atom. The van der Waals surface area contributed by atoms with Gasteiger partial charge < -0.3 is 16.5 Å². The summed E-state index contributed by atoms with van der Waals surface area (Å²) in [5.74, 6) is 5.80. The van der Waals surface area contributed by atoms with Crippen molar-refractivity contribution in [3.63, 3.8) is 0 Å². The summed E-state index contributed by atoms with van der Waals surface area (Å²) in [6, 6.07) is 4.30. The number of thioether (sulfide) groups is 1. The molecule has 0 bridgehead atoms. The van der Waals surface area contributed by atoms with Gasteiger partial charge >= 0.3 is 0 Å². The predicted octanol–water partition coefficient (Wildman–Crippen LogP) is 1.70. The van der Waals surface area contributed by atoms with Crippen molar-refractivity contribution in [1.82, 2.24) is 25.5 Å². The smallest absolute Gasteiger partial charge is 0.242 e. The van der Waals surface area contributed by atoms with E-state index < -0.39 is 6.04 Å². The number of nitrogen functional groups attached to an aromatic ring is 1. The van der Waals surface area contributed by atoms with E-state index in [1.165, 1.54) is 4.68 Å². The van der Waals surface area contributed by atoms with Crippen molar-refractivity contribution >= 4 is 46.8 Å². The van der Waals surface area contributed by atoms with Crippen LogP contribution in [0.2, 0.25) is 10.0 Å². The molecule has 2 amide bonds. The molecule has 1 heterocycles. The third kappa shape index (κ3) is 5.03. The third-order valence-electron chi connectivity index (χ3n) is 3.29. The maximum atomic E-state index is 12.0. The summed E-state index contributed by atoms with van der Waals surface area (Å²) in [6.45, 7) is 3.91. The molecule has 4 N–H and O–H groups in total. The minimum absolute atomic E-state index is 0.0301. The molecule has 0 saturated heterocycles. The number of hydrogen-bond acceptors (Lipinski definition) is 6. The average Bonchev–Trinajstić information content (AvgIpc) is 2.96. The SMILES string of the molecule is CCNC(=O)[C@@H](C)NC(=O)CSc1nnc(-c2cc(Cl)ccc2Cl)n1N. The zero-order valence-corrected chi connectivity index (χ0v) is 16.5. The van der Waals surface area contributed by atoms with E-state index >= 15 is 0 Å². The van der Waals surface area contributed by atoms with Gasteiger partial charge in [0.15, 0.2) is 5.82 Å². The van der Waals surface area contributed by atoms with Crippen molar-refractivity contribution in [3.8, 4) is 11.4 Å². The number of aromatic nitrogens is 3. The number of rotatable bonds is 7. The Balaban J connectivity index is 2.01. The molecule has 2 rings (SSSR count). The van der Waals surface area contributed by atoms with Crippen molar-refractivity contribution in [2.24, 2.45) is 0 Å². The first-order valence-electron chi connectivity index (χ1n) is 7.69. The van der Waals surface area contributed by atoms with Crippen LogP contribution in [0.4, 0.5) is 0 Å². The van der Waals surface area contributed by atoms with Gasteiger partial charge in [0.25, 0.3) is 0 Å². The Morgan fingerprint density at radius 3 is 2.77 bits per heavy atom. The number of likely N-dealkylation sites (N-methyl/N-ethyl adjacent to an activating group) is 1. The van der Waals surface area contributed by atoms with E-state index in [0.29, 0.717) is 33.1 Å². The summed E-state index contributed by atoms with van der Waals surface area (Å²) >= 11 is 13.2. The van der Waals surface area contributed by atoms with Crippen molar-refractivity contribution < 1.29 is 9.59 Å². The van der Waals surface area contributed by atoms with Gasteiger partial charge in [-0.15, -0.1) is 10.2 Å². The molecule has 0 spiro atoms. The average molecular weight is 417 g/mol. The van der Waals surface area contributed by atoms with Gasteiger partial charge in [-0.1, -0.05) is 35.0 Å². The number of carbonyl (C=O) groups excluding carboxylic acids is 2. The van der Waals surface area contributed by atoms with Gasteiger partial charge in [0.1, 0.15) is 6.04 Å². The summed E-state index contributed by atoms with van der Waals surface area (Å²) in [4.78, 5) is 23.6. The van der Waals surface area contributed by atoms with E-state index in [1.54, 1.807) is 32.0 Å². The van der Waals surface area contributed by atoms with Crippen molar-refractivity contribution in [2.45, 2.75) is 25.0 Å². The van der Waals surface area contributed by atoms with E-state index in [1.807, 2.05) is 0 Å². The van der Waals surface area contributed by atoms with Gasteiger partial charge in [-0.05, 0) is 32.0 Å². The second-order valence-electron chi connectivity index (χ2n) is 5.27. The molecule has 2 aromatic rings. The molecule has 140 valence electrons. The molecule has 0 radical (unpaired) electrons. The first-order valence-corrected chi connectivity index (χ1v) is 9.43. The fraction of sp³-hybridized carbons (Fsp3) is 0.333. The molecule has 0 unspecified atom stereocenters. The number of nitrogens with zero attached hydrogens (tertiary/aromatic N) is 3. The zero-order valence-electron chi connectivity index (χ0n) is 14.1. The number of nitrogens with one attached hydrogen (secondary N) is 2. The lowest BCUT2D eigenvalue weighted by molar-refractivity contribution is -0.127. The van der Waals surface area contributed by atoms with Crippen LogP contribution < -0.4 is 16.5 Å². The Kier molecular flexibility index (Phi) is 7.13. The molecule has 0 fully saturated rings. The number of halogens is 2. The lowest BCUT2D eigenvalue weighted by Gasteiger charge is -2.12. The maximum absolute atomic E-state index is 12.0. The zero-order chi connectivity index (χ0) is 19.3. The van der Waals surface area contributed by atoms with Crippen molar-refractivity contribution in [2.75, 3.05) is 18.1 Å². The maximum Gasteiger partial charge on any atom is 0.242 e. The molecule has 0 saturated carbocycles. The second kappa shape index (κ2) is 9.11. The molecular formula is C15H18Cl2N6O2S. The second-order valence-corrected chi connectivity index (χ2v) is 7.06. The van der Waals surface area contributed by atoms with Crippen LogP contribution in [0.25, 0.3) is 11.4 Å². The van der Waals surface area contributed by atoms with Gasteiger partial charge in [-0.2, -0.15) is 0 Å². The van der Waals surface area contributed by atoms with E-state index in [-0.39, 0.29) is 17.6 Å². The van der Waals surface area contributed by atoms with Crippen molar-refractivity contribution in [1.29, 1.82) is 0 Å². The fourth-order valence-corrected chi connectivity index (χ4v) is 3.08. The van der Waals surface area contributed by atoms with E-state index in [4.69, 9.17) is 29.0 Å². The van der Waals surface area contributed by atoms with Crippen LogP contribution in [0.15, 0.2) is 23.4 Å². The first-order chi connectivity index (χ1) is 12.3. The molecule has 1 aromatic carbocycles. The van der Waals surface area contributed by atoms with E-state index in [2.05, 4.69) is 20.8 Å². The minimum Gasteiger partial charge on any atom is -0.355 e. The Hall–Kier alpha value is -1.97. The molecule has 26 heavy (non-hydrogen) atoms. The van der Waals surface area contributed by atoms with Crippen LogP contribution in [-0.2, 0) is 9.59 Å². The van der Waals surface area contributed by atoms with Crippen LogP contribution >= 0.6 is 35.0 Å². The highest BCUT2D eigenvalue weighted by atomic mass is 35.5. The number of nitrogens with two attached hydrogens (primary N) is 1. The first kappa shape index (κ1) is 20.3. The molecule has 0 aliphatic carbocycles. The van der Waals surface area contributed by atoms with Crippen LogP contribution in [0.3, 0.4) is 0 Å². The Morgan fingerprint density at radius 2 is 2.08 bits per heavy atom. The Bertz CT molecular complexity index is 813. The highest BCUT2D eigenvalue weighted by Crippen LogP contribution is 2.30. The number of amides is 2. The summed E-state index contributed by atoms with van der Waals surface area (Å²) < 4.78 is 1.24. The lowest BCUT2D eigenvalue weighted by atomic mass is 10.2. The molecule has 0 aliphatic rings. The fourth-order valence-electron chi connectivity index (χ4n) is 2.03. The molecule has 8 nitrogen and oxygen atoms in total. The largest absolute Gasteiger partial charge is 0.355 e. The highest BCUT2D eigenvalue weighted by Gasteiger charge is 2.18. The quantitative estimate of drug-likeness (QED) is 0.467. The number of carbonyl (C=O) groups is 2. The highest BCUT2D eigenvalue weighted by molar-refractivity contribution is 7.99. The predicted molar refractivity (Wildman–Crippen MR) is 103 cm³/mol. The van der Waals surface area contributed by atoms with Gasteiger partial charge in [0.05, 0.1) is 10.8 Å². The monoisotopic (exact) mass is 416 g/mol. The van der Waals surface area contributed by atoms with Crippen LogP contribution in [0.5, 0.6) is 0 Å². The summed E-state index contributed by atoms with van der Waals surface area (Å²) in [5, 5.41) is 14.5. The minimum atomic E-state index is -0.625. The van der Waals surface area contributed by atoms with Crippen LogP contribution in [-0.4, -0.2) is 45.0 Å². The van der Waals surface area contributed by atoms with Gasteiger partial charge in [0, 0.05) is 17.1 Å². The summed E-state index contributed by atoms with van der Waals surface area (Å²) in [5.41, 5.74) is 0.537. The topological polar surface area (TPSA) is 115 Å². The van der Waals surface area contributed by atoms with E-state index in [0.717, 1.165) is 11.8 Å². The molecular weight excluding hydrogens is 399 g/mol. The number of benzene rings is 1. The molecule has 0 aliphatic heterocycles.